The van der Waals surface area contributed by atoms with Crippen LogP contribution in [0.4, 0.5) is 8.78 Å². The van der Waals surface area contributed by atoms with E-state index < -0.39 is 11.3 Å². The maximum Gasteiger partial charge on any atom is 0.260 e. The predicted molar refractivity (Wildman–Crippen MR) is 49.4 cm³/mol. The zero-order chi connectivity index (χ0) is 9.69. The molecule has 0 radical (unpaired) electrons. The third-order valence-electron chi connectivity index (χ3n) is 2.82. The maximum atomic E-state index is 13.1. The van der Waals surface area contributed by atoms with Crippen LogP contribution in [0, 0.1) is 6.92 Å². The molecular formula is C9H11F2NS. The molecule has 13 heavy (non-hydrogen) atoms. The van der Waals surface area contributed by atoms with Gasteiger partial charge in [0.2, 0.25) is 0 Å². The third kappa shape index (κ3) is 1.05. The molecule has 1 saturated carbocycles. The zero-order valence-electron chi connectivity index (χ0n) is 7.31. The quantitative estimate of drug-likeness (QED) is 0.784. The van der Waals surface area contributed by atoms with E-state index in [4.69, 9.17) is 5.73 Å². The smallest absolute Gasteiger partial charge is 0.260 e. The molecule has 1 fully saturated rings. The highest BCUT2D eigenvalue weighted by atomic mass is 32.1. The van der Waals surface area contributed by atoms with Crippen molar-refractivity contribution in [1.82, 2.24) is 0 Å². The van der Waals surface area contributed by atoms with Crippen molar-refractivity contribution in [2.24, 2.45) is 5.73 Å². The first-order valence-corrected chi connectivity index (χ1v) is 5.09. The van der Waals surface area contributed by atoms with Crippen LogP contribution in [0.1, 0.15) is 17.5 Å². The minimum Gasteiger partial charge on any atom is -0.329 e. The summed E-state index contributed by atoms with van der Waals surface area (Å²) in [6.07, 6.45) is -0.0892. The highest BCUT2D eigenvalue weighted by molar-refractivity contribution is 7.08. The Bertz CT molecular complexity index is 334. The van der Waals surface area contributed by atoms with Crippen molar-refractivity contribution >= 4 is 11.3 Å². The zero-order valence-corrected chi connectivity index (χ0v) is 8.13. The number of thiophene rings is 1. The largest absolute Gasteiger partial charge is 0.329 e. The number of alkyl halides is 2. The fraction of sp³-hybridized carbons (Fsp3) is 0.556. The lowest BCUT2D eigenvalue weighted by atomic mass is 9.95. The van der Waals surface area contributed by atoms with Gasteiger partial charge in [0, 0.05) is 13.0 Å². The van der Waals surface area contributed by atoms with Gasteiger partial charge in [0.25, 0.3) is 5.92 Å². The number of hydrogen-bond donors (Lipinski definition) is 1. The molecule has 0 aromatic carbocycles. The third-order valence-corrected chi connectivity index (χ3v) is 3.68. The van der Waals surface area contributed by atoms with Crippen molar-refractivity contribution in [2.75, 3.05) is 6.54 Å². The number of nitrogens with two attached hydrogens (primary N) is 1. The molecule has 1 nitrogen and oxygen atoms in total. The number of rotatable bonds is 2. The van der Waals surface area contributed by atoms with Gasteiger partial charge in [0.1, 0.15) is 0 Å². The molecule has 4 heteroatoms. The minimum atomic E-state index is -2.59. The van der Waals surface area contributed by atoms with Crippen LogP contribution in [-0.2, 0) is 5.41 Å². The first-order chi connectivity index (χ1) is 6.03. The lowest BCUT2D eigenvalue weighted by Gasteiger charge is -2.13. The second kappa shape index (κ2) is 2.51. The SMILES string of the molecule is Cc1cscc1C1(CN)CC1(F)F. The van der Waals surface area contributed by atoms with Gasteiger partial charge in [0.05, 0.1) is 5.41 Å². The van der Waals surface area contributed by atoms with Crippen LogP contribution < -0.4 is 5.73 Å². The van der Waals surface area contributed by atoms with E-state index in [9.17, 15) is 8.78 Å². The summed E-state index contributed by atoms with van der Waals surface area (Å²) in [5.41, 5.74) is 6.06. The average Bonchev–Trinajstić information content (AvgIpc) is 2.43. The Labute approximate surface area is 79.6 Å². The van der Waals surface area contributed by atoms with Gasteiger partial charge in [-0.3, -0.25) is 0 Å². The van der Waals surface area contributed by atoms with Crippen molar-refractivity contribution in [3.8, 4) is 0 Å². The monoisotopic (exact) mass is 203 g/mol. The molecule has 1 aliphatic carbocycles. The number of halogens is 2. The number of hydrogen-bond acceptors (Lipinski definition) is 2. The Morgan fingerprint density at radius 2 is 2.15 bits per heavy atom. The highest BCUT2D eigenvalue weighted by Crippen LogP contribution is 2.61. The van der Waals surface area contributed by atoms with Crippen LogP contribution in [0.2, 0.25) is 0 Å². The van der Waals surface area contributed by atoms with Crippen LogP contribution in [0.15, 0.2) is 10.8 Å². The Kier molecular flexibility index (Phi) is 1.76. The van der Waals surface area contributed by atoms with E-state index in [1.807, 2.05) is 12.3 Å². The summed E-state index contributed by atoms with van der Waals surface area (Å²) in [7, 11) is 0. The summed E-state index contributed by atoms with van der Waals surface area (Å²) in [5, 5.41) is 3.68. The maximum absolute atomic E-state index is 13.1. The van der Waals surface area contributed by atoms with Crippen LogP contribution >= 0.6 is 11.3 Å². The Morgan fingerprint density at radius 1 is 1.54 bits per heavy atom. The highest BCUT2D eigenvalue weighted by Gasteiger charge is 2.71. The van der Waals surface area contributed by atoms with Crippen LogP contribution in [0.3, 0.4) is 0 Å². The van der Waals surface area contributed by atoms with Gasteiger partial charge in [-0.05, 0) is 28.8 Å². The fourth-order valence-corrected chi connectivity index (χ4v) is 2.76. The van der Waals surface area contributed by atoms with Crippen LogP contribution in [0.5, 0.6) is 0 Å². The van der Waals surface area contributed by atoms with E-state index in [2.05, 4.69) is 0 Å². The molecule has 0 spiro atoms. The van der Waals surface area contributed by atoms with E-state index in [0.29, 0.717) is 0 Å². The molecule has 0 bridgehead atoms. The number of aryl methyl sites for hydroxylation is 1. The van der Waals surface area contributed by atoms with Gasteiger partial charge in [-0.25, -0.2) is 8.78 Å². The molecule has 2 N–H and O–H groups in total. The van der Waals surface area contributed by atoms with Crippen LogP contribution in [0.25, 0.3) is 0 Å². The molecule has 0 aliphatic heterocycles. The van der Waals surface area contributed by atoms with E-state index in [1.165, 1.54) is 11.3 Å². The fourth-order valence-electron chi connectivity index (χ4n) is 1.81. The van der Waals surface area contributed by atoms with Crippen molar-refractivity contribution in [1.29, 1.82) is 0 Å². The molecule has 2 rings (SSSR count). The van der Waals surface area contributed by atoms with Gasteiger partial charge in [-0.2, -0.15) is 11.3 Å². The van der Waals surface area contributed by atoms with Gasteiger partial charge in [0.15, 0.2) is 0 Å². The van der Waals surface area contributed by atoms with Crippen molar-refractivity contribution < 1.29 is 8.78 Å². The van der Waals surface area contributed by atoms with Crippen molar-refractivity contribution in [2.45, 2.75) is 24.7 Å². The first kappa shape index (κ1) is 9.09. The molecular weight excluding hydrogens is 192 g/mol. The van der Waals surface area contributed by atoms with Crippen molar-refractivity contribution in [3.63, 3.8) is 0 Å². The molecule has 1 atom stereocenters. The second-order valence-electron chi connectivity index (χ2n) is 3.64. The topological polar surface area (TPSA) is 26.0 Å². The Balaban J connectivity index is 2.41. The van der Waals surface area contributed by atoms with Crippen LogP contribution in [-0.4, -0.2) is 12.5 Å². The van der Waals surface area contributed by atoms with E-state index in [0.717, 1.165) is 11.1 Å². The van der Waals surface area contributed by atoms with Gasteiger partial charge in [-0.1, -0.05) is 0 Å². The average molecular weight is 203 g/mol. The summed E-state index contributed by atoms with van der Waals surface area (Å²) in [6, 6.07) is 0. The molecule has 1 aromatic rings. The van der Waals surface area contributed by atoms with Gasteiger partial charge < -0.3 is 5.73 Å². The normalized spacial score (nSPS) is 30.5. The lowest BCUT2D eigenvalue weighted by Crippen LogP contribution is -2.26. The summed E-state index contributed by atoms with van der Waals surface area (Å²) in [6.45, 7) is 1.90. The summed E-state index contributed by atoms with van der Waals surface area (Å²) < 4.78 is 26.2. The minimum absolute atomic E-state index is 0.0393. The summed E-state index contributed by atoms with van der Waals surface area (Å²) >= 11 is 1.46. The van der Waals surface area contributed by atoms with Gasteiger partial charge >= 0.3 is 0 Å². The van der Waals surface area contributed by atoms with E-state index in [-0.39, 0.29) is 13.0 Å². The van der Waals surface area contributed by atoms with Gasteiger partial charge in [-0.15, -0.1) is 0 Å². The Hall–Kier alpha value is -0.480. The first-order valence-electron chi connectivity index (χ1n) is 4.15. The molecule has 1 aromatic heterocycles. The standard InChI is InChI=1S/C9H11F2NS/c1-6-2-13-3-7(6)8(5-12)4-9(8,10)11/h2-3H,4-5,12H2,1H3. The lowest BCUT2D eigenvalue weighted by molar-refractivity contribution is 0.0896. The molecule has 1 heterocycles. The predicted octanol–water partition coefficient (Wildman–Crippen LogP) is 2.29. The molecule has 72 valence electrons. The molecule has 1 aliphatic rings. The summed E-state index contributed by atoms with van der Waals surface area (Å²) in [5.74, 6) is -2.59. The molecule has 0 amide bonds. The van der Waals surface area contributed by atoms with Crippen molar-refractivity contribution in [3.05, 3.63) is 21.9 Å². The van der Waals surface area contributed by atoms with E-state index >= 15 is 0 Å². The molecule has 1 unspecified atom stereocenters. The second-order valence-corrected chi connectivity index (χ2v) is 4.38. The van der Waals surface area contributed by atoms with E-state index in [1.54, 1.807) is 5.38 Å². The molecule has 0 saturated heterocycles. The Morgan fingerprint density at radius 3 is 2.46 bits per heavy atom. The summed E-state index contributed by atoms with van der Waals surface area (Å²) in [4.78, 5) is 0.